The lowest BCUT2D eigenvalue weighted by Gasteiger charge is -2.15. The summed E-state index contributed by atoms with van der Waals surface area (Å²) in [5, 5.41) is 14.9. The summed E-state index contributed by atoms with van der Waals surface area (Å²) in [6.45, 7) is 16.9. The molecular weight excluding hydrogens is 1610 g/mol. The molecule has 0 saturated carbocycles. The van der Waals surface area contributed by atoms with Crippen LogP contribution < -0.4 is 0 Å². The van der Waals surface area contributed by atoms with Gasteiger partial charge in [-0.05, 0) is 116 Å². The van der Waals surface area contributed by atoms with E-state index in [2.05, 4.69) is 395 Å². The zero-order valence-electron chi connectivity index (χ0n) is 74.9. The van der Waals surface area contributed by atoms with E-state index < -0.39 is 0 Å². The van der Waals surface area contributed by atoms with Gasteiger partial charge < -0.3 is 0 Å². The van der Waals surface area contributed by atoms with Crippen molar-refractivity contribution in [1.29, 1.82) is 0 Å². The standard InChI is InChI=1S/2C30H23N3.2C30H25N3/c1-19(2)28-31-29(20-11-4-3-5-12-20)33-30(32-28)26-18-10-17-25-23-14-7-6-13-21(23)22-15-8-9-16-24(22)27(25)26;1-19(2)28-31-29(20-10-4-3-5-11-20)33-30(32-28)21-16-17-26-24-14-7-6-12-22(24)23-13-8-9-15-25(23)27(26)18-21;1-21(2)28-31-29(25-18-16-24(17-19-25)22-10-5-3-6-11-22)33-30(32-28)27-15-9-14-26(20-27)23-12-7-4-8-13-23;1-21(2)28-31-29(26-17-13-24(14-18-26)22-9-5-3-6-10-22)33-30(32-28)27-19-15-25(16-20-27)23-11-7-4-8-12-23/h2*3-19H,1-2H3;2*3-21H,1-2H3. The van der Waals surface area contributed by atoms with Gasteiger partial charge in [-0.15, -0.1) is 0 Å². The zero-order valence-corrected chi connectivity index (χ0v) is 74.9. The van der Waals surface area contributed by atoms with Crippen LogP contribution in [0.25, 0.3) is 200 Å². The fourth-order valence-corrected chi connectivity index (χ4v) is 16.8. The van der Waals surface area contributed by atoms with Crippen LogP contribution in [0.15, 0.2) is 413 Å². The van der Waals surface area contributed by atoms with Crippen LogP contribution in [0.1, 0.15) is 102 Å². The van der Waals surface area contributed by atoms with Gasteiger partial charge in [0, 0.05) is 73.6 Å². The molecule has 0 aliphatic heterocycles. The number of aromatic nitrogens is 12. The van der Waals surface area contributed by atoms with Crippen molar-refractivity contribution >= 4 is 64.6 Å². The molecule has 0 aliphatic rings. The topological polar surface area (TPSA) is 155 Å². The molecule has 0 spiro atoms. The first-order valence-corrected chi connectivity index (χ1v) is 45.2. The van der Waals surface area contributed by atoms with Gasteiger partial charge in [-0.3, -0.25) is 0 Å². The van der Waals surface area contributed by atoms with Gasteiger partial charge >= 0.3 is 0 Å². The van der Waals surface area contributed by atoms with Gasteiger partial charge in [0.25, 0.3) is 0 Å². The Bertz CT molecular complexity index is 7600. The molecule has 12 heteroatoms. The number of rotatable bonds is 16. The number of hydrogen-bond donors (Lipinski definition) is 0. The van der Waals surface area contributed by atoms with Crippen molar-refractivity contribution in [3.05, 3.63) is 436 Å². The van der Waals surface area contributed by atoms with Crippen molar-refractivity contribution in [2.75, 3.05) is 0 Å². The highest BCUT2D eigenvalue weighted by atomic mass is 15.1. The molecule has 0 bridgehead atoms. The molecule has 636 valence electrons. The van der Waals surface area contributed by atoms with Crippen LogP contribution in [0, 0.1) is 0 Å². The van der Waals surface area contributed by atoms with Crippen molar-refractivity contribution in [2.45, 2.75) is 79.1 Å². The summed E-state index contributed by atoms with van der Waals surface area (Å²) in [4.78, 5) is 58.1. The maximum absolute atomic E-state index is 4.97. The maximum Gasteiger partial charge on any atom is 0.164 e. The fraction of sp³-hybridized carbons (Fsp3) is 0.100. The van der Waals surface area contributed by atoms with E-state index in [0.29, 0.717) is 40.8 Å². The van der Waals surface area contributed by atoms with Crippen LogP contribution in [0.3, 0.4) is 0 Å². The Morgan fingerprint density at radius 3 is 0.644 bits per heavy atom. The van der Waals surface area contributed by atoms with Crippen molar-refractivity contribution in [1.82, 2.24) is 59.8 Å². The lowest BCUT2D eigenvalue weighted by Crippen LogP contribution is -2.04. The summed E-state index contributed by atoms with van der Waals surface area (Å²) in [5.41, 5.74) is 17.4. The van der Waals surface area contributed by atoms with Crippen LogP contribution in [0.2, 0.25) is 0 Å². The molecule has 12 nitrogen and oxygen atoms in total. The van der Waals surface area contributed by atoms with Crippen molar-refractivity contribution in [2.24, 2.45) is 0 Å². The van der Waals surface area contributed by atoms with Gasteiger partial charge in [0.2, 0.25) is 0 Å². The van der Waals surface area contributed by atoms with Gasteiger partial charge in [-0.25, -0.2) is 59.8 Å². The molecule has 0 saturated heterocycles. The molecule has 132 heavy (non-hydrogen) atoms. The quantitative estimate of drug-likeness (QED) is 0.0846. The normalized spacial score (nSPS) is 11.3. The van der Waals surface area contributed by atoms with E-state index in [4.69, 9.17) is 59.8 Å². The summed E-state index contributed by atoms with van der Waals surface area (Å²) in [6, 6.07) is 143. The molecule has 22 aromatic rings. The molecule has 0 N–H and O–H groups in total. The Kier molecular flexibility index (Phi) is 24.9. The van der Waals surface area contributed by atoms with Crippen molar-refractivity contribution < 1.29 is 0 Å². The van der Waals surface area contributed by atoms with Gasteiger partial charge in [0.15, 0.2) is 46.6 Å². The first-order valence-electron chi connectivity index (χ1n) is 45.2. The Labute approximate surface area is 769 Å². The van der Waals surface area contributed by atoms with Crippen LogP contribution in [0.4, 0.5) is 0 Å². The smallest absolute Gasteiger partial charge is 0.164 e. The number of nitrogens with zero attached hydrogens (tertiary/aromatic N) is 12. The summed E-state index contributed by atoms with van der Waals surface area (Å²) >= 11 is 0. The zero-order chi connectivity index (χ0) is 90.0. The van der Waals surface area contributed by atoms with E-state index in [1.54, 1.807) is 0 Å². The minimum absolute atomic E-state index is 0.196. The van der Waals surface area contributed by atoms with E-state index in [-0.39, 0.29) is 23.7 Å². The molecule has 18 aromatic carbocycles. The maximum atomic E-state index is 4.97. The molecule has 0 aliphatic carbocycles. The van der Waals surface area contributed by atoms with Gasteiger partial charge in [-0.2, -0.15) is 0 Å². The van der Waals surface area contributed by atoms with Gasteiger partial charge in [0.05, 0.1) is 0 Å². The van der Waals surface area contributed by atoms with Gasteiger partial charge in [-0.1, -0.05) is 456 Å². The lowest BCUT2D eigenvalue weighted by atomic mass is 9.91. The second-order valence-corrected chi connectivity index (χ2v) is 34.2. The monoisotopic (exact) mass is 1700 g/mol. The molecular formula is C120H96N12. The molecule has 22 rings (SSSR count). The van der Waals surface area contributed by atoms with E-state index in [1.165, 1.54) is 104 Å². The van der Waals surface area contributed by atoms with E-state index in [0.717, 1.165) is 79.2 Å². The van der Waals surface area contributed by atoms with E-state index in [1.807, 2.05) is 72.8 Å². The third kappa shape index (κ3) is 18.5. The van der Waals surface area contributed by atoms with Gasteiger partial charge in [0.1, 0.15) is 23.3 Å². The first-order chi connectivity index (χ1) is 64.7. The number of fused-ring (bicyclic) bond motifs is 12. The second-order valence-electron chi connectivity index (χ2n) is 34.2. The lowest BCUT2D eigenvalue weighted by molar-refractivity contribution is 0.766. The highest BCUT2D eigenvalue weighted by Gasteiger charge is 2.22. The van der Waals surface area contributed by atoms with E-state index in [9.17, 15) is 0 Å². The van der Waals surface area contributed by atoms with Crippen molar-refractivity contribution in [3.8, 4) is 136 Å². The molecule has 0 unspecified atom stereocenters. The average Bonchev–Trinajstić information content (AvgIpc) is 0.733. The highest BCUT2D eigenvalue weighted by Crippen LogP contribution is 2.42. The summed E-state index contributed by atoms with van der Waals surface area (Å²) in [6.07, 6.45) is 0. The average molecular weight is 1710 g/mol. The fourth-order valence-electron chi connectivity index (χ4n) is 16.8. The second kappa shape index (κ2) is 38.6. The molecule has 0 radical (unpaired) electrons. The minimum Gasteiger partial charge on any atom is -0.213 e. The molecule has 0 fully saturated rings. The van der Waals surface area contributed by atoms with E-state index >= 15 is 0 Å². The van der Waals surface area contributed by atoms with Crippen LogP contribution in [0.5, 0.6) is 0 Å². The molecule has 4 aromatic heterocycles. The molecule has 0 atom stereocenters. The van der Waals surface area contributed by atoms with Crippen LogP contribution >= 0.6 is 0 Å². The van der Waals surface area contributed by atoms with Crippen LogP contribution in [-0.4, -0.2) is 59.8 Å². The number of hydrogen-bond acceptors (Lipinski definition) is 12. The Morgan fingerprint density at radius 2 is 0.318 bits per heavy atom. The molecule has 0 amide bonds. The third-order valence-electron chi connectivity index (χ3n) is 23.7. The summed E-state index contributed by atoms with van der Waals surface area (Å²) < 4.78 is 0. The summed E-state index contributed by atoms with van der Waals surface area (Å²) in [5.74, 6) is 9.70. The Hall–Kier alpha value is -16.4. The number of benzene rings is 18. The van der Waals surface area contributed by atoms with Crippen molar-refractivity contribution in [3.63, 3.8) is 0 Å². The molecule has 4 heterocycles. The minimum atomic E-state index is 0.196. The Morgan fingerprint density at radius 1 is 0.129 bits per heavy atom. The third-order valence-corrected chi connectivity index (χ3v) is 23.7. The van der Waals surface area contributed by atoms with Crippen LogP contribution in [-0.2, 0) is 0 Å². The SMILES string of the molecule is CC(C)c1nc(-c2ccc(-c3ccccc3)cc2)nc(-c2ccc(-c3ccccc3)cc2)n1.CC(C)c1nc(-c2ccc(-c3ccccc3)cc2)nc(-c2cccc(-c3ccccc3)c2)n1.CC(C)c1nc(-c2ccccc2)nc(-c2ccc3c4ccccc4c4ccccc4c3c2)n1.CC(C)c1nc(-c2ccccc2)nc(-c2cccc3c4ccccc4c4ccccc4c23)n1. The summed E-state index contributed by atoms with van der Waals surface area (Å²) in [7, 11) is 0. The Balaban J connectivity index is 0.000000114. The largest absolute Gasteiger partial charge is 0.213 e. The predicted molar refractivity (Wildman–Crippen MR) is 546 cm³/mol. The predicted octanol–water partition coefficient (Wildman–Crippen LogP) is 30.9. The first kappa shape index (κ1) is 85.0. The highest BCUT2D eigenvalue weighted by molar-refractivity contribution is 6.28.